The van der Waals surface area contributed by atoms with Gasteiger partial charge in [0, 0.05) is 26.4 Å². The van der Waals surface area contributed by atoms with Gasteiger partial charge in [-0.1, -0.05) is 0 Å². The van der Waals surface area contributed by atoms with Gasteiger partial charge in [0.15, 0.2) is 0 Å². The summed E-state index contributed by atoms with van der Waals surface area (Å²) in [5.74, 6) is 0.120. The molecular formula is C9H16N4O. The first kappa shape index (κ1) is 12.5. The molecule has 0 aromatic rings. The van der Waals surface area contributed by atoms with E-state index in [2.05, 4.69) is 0 Å². The monoisotopic (exact) mass is 196 g/mol. The van der Waals surface area contributed by atoms with Crippen LogP contribution in [0.4, 0.5) is 0 Å². The maximum absolute atomic E-state index is 8.62. The summed E-state index contributed by atoms with van der Waals surface area (Å²) in [5.41, 5.74) is 5.36. The van der Waals surface area contributed by atoms with Crippen molar-refractivity contribution in [1.82, 2.24) is 4.90 Å². The Hall–Kier alpha value is -1.54. The summed E-state index contributed by atoms with van der Waals surface area (Å²) in [6.07, 6.45) is 1.14. The first-order valence-corrected chi connectivity index (χ1v) is 4.37. The highest BCUT2D eigenvalue weighted by Crippen LogP contribution is 1.97. The quantitative estimate of drug-likeness (QED) is 0.286. The molecule has 5 nitrogen and oxygen atoms in total. The van der Waals surface area contributed by atoms with E-state index in [1.807, 2.05) is 13.0 Å². The predicted octanol–water partition coefficient (Wildman–Crippen LogP) is 0.298. The van der Waals surface area contributed by atoms with E-state index in [0.717, 1.165) is 6.20 Å². The van der Waals surface area contributed by atoms with Gasteiger partial charge in [0.05, 0.1) is 6.61 Å². The molecule has 0 aliphatic rings. The van der Waals surface area contributed by atoms with Gasteiger partial charge in [-0.15, -0.1) is 0 Å². The summed E-state index contributed by atoms with van der Waals surface area (Å²) in [5, 5.41) is 16.2. The lowest BCUT2D eigenvalue weighted by molar-refractivity contribution is 0.137. The molecule has 0 aliphatic heterocycles. The molecule has 0 aliphatic carbocycles. The molecule has 0 amide bonds. The van der Waals surface area contributed by atoms with Crippen molar-refractivity contribution in [2.24, 2.45) is 5.73 Å². The number of nitriles is 1. The van der Waals surface area contributed by atoms with E-state index in [1.165, 1.54) is 0 Å². The molecule has 0 spiro atoms. The van der Waals surface area contributed by atoms with E-state index in [9.17, 15) is 0 Å². The molecule has 0 saturated carbocycles. The number of ether oxygens (including phenoxy) is 1. The number of nitrogens with two attached hydrogens (primary N) is 1. The third-order valence-electron chi connectivity index (χ3n) is 1.70. The summed E-state index contributed by atoms with van der Waals surface area (Å²) < 4.78 is 5.13. The zero-order chi connectivity index (χ0) is 11.0. The Labute approximate surface area is 84.3 Å². The molecule has 0 bridgehead atoms. The minimum absolute atomic E-state index is 0.120. The Morgan fingerprint density at radius 1 is 1.71 bits per heavy atom. The van der Waals surface area contributed by atoms with Crippen molar-refractivity contribution in [2.75, 3.05) is 26.8 Å². The van der Waals surface area contributed by atoms with Crippen LogP contribution in [0, 0.1) is 16.7 Å². The van der Waals surface area contributed by atoms with Gasteiger partial charge in [-0.05, 0) is 6.92 Å². The van der Waals surface area contributed by atoms with E-state index in [-0.39, 0.29) is 11.4 Å². The van der Waals surface area contributed by atoms with Crippen molar-refractivity contribution >= 4 is 5.84 Å². The zero-order valence-electron chi connectivity index (χ0n) is 8.58. The summed E-state index contributed by atoms with van der Waals surface area (Å²) in [7, 11) is 1.72. The van der Waals surface area contributed by atoms with Crippen molar-refractivity contribution in [3.8, 4) is 6.07 Å². The molecule has 0 heterocycles. The summed E-state index contributed by atoms with van der Waals surface area (Å²) in [4.78, 5) is 1.62. The smallest absolute Gasteiger partial charge is 0.140 e. The maximum Gasteiger partial charge on any atom is 0.140 e. The second kappa shape index (κ2) is 6.92. The molecule has 0 unspecified atom stereocenters. The van der Waals surface area contributed by atoms with Crippen LogP contribution in [0.3, 0.4) is 0 Å². The fraction of sp³-hybridized carbons (Fsp3) is 0.556. The van der Waals surface area contributed by atoms with Crippen LogP contribution in [0.25, 0.3) is 0 Å². The number of nitrogens with one attached hydrogen (secondary N) is 1. The van der Waals surface area contributed by atoms with Crippen LogP contribution in [0.1, 0.15) is 6.92 Å². The highest BCUT2D eigenvalue weighted by atomic mass is 16.5. The third-order valence-corrected chi connectivity index (χ3v) is 1.70. The lowest BCUT2D eigenvalue weighted by atomic mass is 10.2. The summed E-state index contributed by atoms with van der Waals surface area (Å²) in [6.45, 7) is 3.68. The summed E-state index contributed by atoms with van der Waals surface area (Å²) >= 11 is 0. The van der Waals surface area contributed by atoms with E-state index in [4.69, 9.17) is 21.1 Å². The van der Waals surface area contributed by atoms with Gasteiger partial charge in [0.2, 0.25) is 0 Å². The van der Waals surface area contributed by atoms with Crippen molar-refractivity contribution in [3.63, 3.8) is 0 Å². The second-order valence-electron chi connectivity index (χ2n) is 2.66. The molecule has 0 saturated heterocycles. The van der Waals surface area contributed by atoms with Crippen molar-refractivity contribution in [1.29, 1.82) is 10.7 Å². The average molecular weight is 196 g/mol. The molecular weight excluding hydrogens is 180 g/mol. The number of hydrogen-bond acceptors (Lipinski definition) is 4. The molecule has 0 rings (SSSR count). The van der Waals surface area contributed by atoms with Crippen LogP contribution < -0.4 is 5.73 Å². The van der Waals surface area contributed by atoms with Crippen LogP contribution >= 0.6 is 0 Å². The topological polar surface area (TPSA) is 86.1 Å². The molecule has 0 atom stereocenters. The molecule has 0 fully saturated rings. The second-order valence-corrected chi connectivity index (χ2v) is 2.66. The molecule has 78 valence electrons. The van der Waals surface area contributed by atoms with Gasteiger partial charge in [-0.2, -0.15) is 5.26 Å². The molecule has 0 aromatic carbocycles. The van der Waals surface area contributed by atoms with Crippen LogP contribution in [0.5, 0.6) is 0 Å². The Kier molecular flexibility index (Phi) is 6.16. The number of amidine groups is 1. The fourth-order valence-corrected chi connectivity index (χ4v) is 0.832. The van der Waals surface area contributed by atoms with Crippen molar-refractivity contribution < 1.29 is 4.74 Å². The minimum atomic E-state index is 0.120. The Morgan fingerprint density at radius 3 is 2.79 bits per heavy atom. The van der Waals surface area contributed by atoms with Crippen LogP contribution in [-0.4, -0.2) is 37.5 Å². The Morgan fingerprint density at radius 2 is 2.36 bits per heavy atom. The first-order valence-electron chi connectivity index (χ1n) is 4.37. The predicted molar refractivity (Wildman–Crippen MR) is 54.7 cm³/mol. The van der Waals surface area contributed by atoms with Crippen molar-refractivity contribution in [2.45, 2.75) is 6.92 Å². The molecule has 0 aromatic heterocycles. The Bertz CT molecular complexity index is 254. The minimum Gasteiger partial charge on any atom is -0.403 e. The van der Waals surface area contributed by atoms with E-state index in [0.29, 0.717) is 19.8 Å². The maximum atomic E-state index is 8.62. The largest absolute Gasteiger partial charge is 0.403 e. The lowest BCUT2D eigenvalue weighted by Gasteiger charge is -2.18. The molecule has 14 heavy (non-hydrogen) atoms. The average Bonchev–Trinajstić information content (AvgIpc) is 2.19. The standard InChI is InChI=1S/C9H16N4O/c1-3-14-5-4-13(2)9(12)8(6-10)7-11/h6,12H,3-5,10H2,1-2H3. The van der Waals surface area contributed by atoms with Crippen LogP contribution in [0.2, 0.25) is 0 Å². The van der Waals surface area contributed by atoms with Gasteiger partial charge >= 0.3 is 0 Å². The third kappa shape index (κ3) is 3.92. The molecule has 5 heteroatoms. The van der Waals surface area contributed by atoms with Crippen LogP contribution in [-0.2, 0) is 4.74 Å². The van der Waals surface area contributed by atoms with E-state index in [1.54, 1.807) is 11.9 Å². The van der Waals surface area contributed by atoms with Gasteiger partial charge in [0.1, 0.15) is 17.5 Å². The Balaban J connectivity index is 4.07. The number of rotatable bonds is 5. The lowest BCUT2D eigenvalue weighted by Crippen LogP contribution is -2.30. The van der Waals surface area contributed by atoms with Gasteiger partial charge in [0.25, 0.3) is 0 Å². The van der Waals surface area contributed by atoms with Crippen LogP contribution in [0.15, 0.2) is 11.8 Å². The zero-order valence-corrected chi connectivity index (χ0v) is 8.58. The fourth-order valence-electron chi connectivity index (χ4n) is 0.832. The van der Waals surface area contributed by atoms with Crippen molar-refractivity contribution in [3.05, 3.63) is 11.8 Å². The SMILES string of the molecule is CCOCCN(C)C(=N)C(C#N)=CN. The van der Waals surface area contributed by atoms with Gasteiger partial charge in [-0.3, -0.25) is 5.41 Å². The normalized spacial score (nSPS) is 10.8. The first-order chi connectivity index (χ1) is 6.67. The van der Waals surface area contributed by atoms with Gasteiger partial charge < -0.3 is 15.4 Å². The van der Waals surface area contributed by atoms with Gasteiger partial charge in [-0.25, -0.2) is 0 Å². The number of hydrogen-bond donors (Lipinski definition) is 2. The highest BCUT2D eigenvalue weighted by molar-refractivity contribution is 5.99. The summed E-state index contributed by atoms with van der Waals surface area (Å²) in [6, 6.07) is 1.85. The van der Waals surface area contributed by atoms with E-state index < -0.39 is 0 Å². The molecule has 3 N–H and O–H groups in total. The number of likely N-dealkylation sites (N-methyl/N-ethyl adjacent to an activating group) is 1. The highest BCUT2D eigenvalue weighted by Gasteiger charge is 2.08. The van der Waals surface area contributed by atoms with E-state index >= 15 is 0 Å². The molecule has 0 radical (unpaired) electrons. The number of nitrogens with zero attached hydrogens (tertiary/aromatic N) is 2.